The summed E-state index contributed by atoms with van der Waals surface area (Å²) in [4.78, 5) is 14.9. The van der Waals surface area contributed by atoms with Gasteiger partial charge in [0, 0.05) is 29.9 Å². The molecule has 1 amide bonds. The third kappa shape index (κ3) is 7.22. The number of amides is 1. The molecule has 0 aliphatic rings. The molecule has 4 aromatic rings. The van der Waals surface area contributed by atoms with Crippen LogP contribution in [0.3, 0.4) is 0 Å². The van der Waals surface area contributed by atoms with Crippen LogP contribution in [0, 0.1) is 6.92 Å². The van der Waals surface area contributed by atoms with Gasteiger partial charge in [0.15, 0.2) is 5.82 Å². The van der Waals surface area contributed by atoms with Crippen LogP contribution in [0.2, 0.25) is 0 Å². The predicted octanol–water partition coefficient (Wildman–Crippen LogP) is 5.45. The van der Waals surface area contributed by atoms with Crippen LogP contribution in [0.5, 0.6) is 0 Å². The normalized spacial score (nSPS) is 10.8. The number of carbonyl (C=O) groups is 1. The van der Waals surface area contributed by atoms with E-state index in [1.807, 2.05) is 54.6 Å². The highest BCUT2D eigenvalue weighted by Crippen LogP contribution is 2.20. The molecule has 35 heavy (non-hydrogen) atoms. The van der Waals surface area contributed by atoms with Gasteiger partial charge in [0.05, 0.1) is 5.69 Å². The summed E-state index contributed by atoms with van der Waals surface area (Å²) < 4.78 is 0. The lowest BCUT2D eigenvalue weighted by molar-refractivity contribution is 0.0952. The van der Waals surface area contributed by atoms with Crippen LogP contribution in [0.4, 0.5) is 11.5 Å². The molecule has 1 heterocycles. The van der Waals surface area contributed by atoms with Gasteiger partial charge in [0.2, 0.25) is 0 Å². The van der Waals surface area contributed by atoms with E-state index >= 15 is 0 Å². The molecule has 0 saturated carbocycles. The van der Waals surface area contributed by atoms with Gasteiger partial charge in [-0.05, 0) is 62.8 Å². The number of anilines is 2. The van der Waals surface area contributed by atoms with Crippen molar-refractivity contribution in [2.75, 3.05) is 25.5 Å². The SMILES string of the molecule is Cc1ccc(-c2ccc(Nc3cccc(C(=O)NCCCN(C)Cc4ccccc4)c3)nn2)cc1. The van der Waals surface area contributed by atoms with Gasteiger partial charge in [-0.1, -0.05) is 66.2 Å². The number of hydrogen-bond donors (Lipinski definition) is 2. The van der Waals surface area contributed by atoms with Crippen LogP contribution in [-0.4, -0.2) is 41.1 Å². The molecule has 6 nitrogen and oxygen atoms in total. The Labute approximate surface area is 207 Å². The van der Waals surface area contributed by atoms with Crippen molar-refractivity contribution in [2.45, 2.75) is 19.9 Å². The average molecular weight is 466 g/mol. The van der Waals surface area contributed by atoms with E-state index in [0.29, 0.717) is 17.9 Å². The minimum atomic E-state index is -0.0832. The summed E-state index contributed by atoms with van der Waals surface area (Å²) in [7, 11) is 2.10. The number of carbonyl (C=O) groups excluding carboxylic acids is 1. The third-order valence-corrected chi connectivity index (χ3v) is 5.71. The van der Waals surface area contributed by atoms with E-state index in [-0.39, 0.29) is 5.91 Å². The number of nitrogens with zero attached hydrogens (tertiary/aromatic N) is 3. The highest BCUT2D eigenvalue weighted by molar-refractivity contribution is 5.95. The number of hydrogen-bond acceptors (Lipinski definition) is 5. The van der Waals surface area contributed by atoms with E-state index in [4.69, 9.17) is 0 Å². The largest absolute Gasteiger partial charge is 0.352 e. The molecule has 0 unspecified atom stereocenters. The van der Waals surface area contributed by atoms with Crippen LogP contribution in [0.15, 0.2) is 91.0 Å². The number of aryl methyl sites for hydroxylation is 1. The molecule has 3 aromatic carbocycles. The fourth-order valence-corrected chi connectivity index (χ4v) is 3.79. The zero-order valence-corrected chi connectivity index (χ0v) is 20.2. The van der Waals surface area contributed by atoms with E-state index in [1.165, 1.54) is 11.1 Å². The van der Waals surface area contributed by atoms with Crippen molar-refractivity contribution in [3.63, 3.8) is 0 Å². The second-order valence-corrected chi connectivity index (χ2v) is 8.71. The van der Waals surface area contributed by atoms with Crippen LogP contribution in [-0.2, 0) is 6.54 Å². The molecule has 6 heteroatoms. The van der Waals surface area contributed by atoms with Gasteiger partial charge < -0.3 is 15.5 Å². The van der Waals surface area contributed by atoms with E-state index in [9.17, 15) is 4.79 Å². The molecule has 0 fully saturated rings. The lowest BCUT2D eigenvalue weighted by Gasteiger charge is -2.16. The maximum atomic E-state index is 12.6. The Hall–Kier alpha value is -4.03. The van der Waals surface area contributed by atoms with Crippen molar-refractivity contribution in [1.29, 1.82) is 0 Å². The third-order valence-electron chi connectivity index (χ3n) is 5.71. The first-order valence-corrected chi connectivity index (χ1v) is 11.9. The van der Waals surface area contributed by atoms with Gasteiger partial charge in [0.25, 0.3) is 5.91 Å². The number of rotatable bonds is 10. The standard InChI is InChI=1S/C29H31N5O/c1-22-12-14-24(15-13-22)27-16-17-28(33-32-27)31-26-11-6-10-25(20-26)29(35)30-18-7-19-34(2)21-23-8-4-3-5-9-23/h3-6,8-17,20H,7,18-19,21H2,1-2H3,(H,30,35)(H,31,33). The zero-order valence-electron chi connectivity index (χ0n) is 20.2. The molecular weight excluding hydrogens is 434 g/mol. The summed E-state index contributed by atoms with van der Waals surface area (Å²) in [5.41, 5.74) is 5.74. The first-order valence-electron chi connectivity index (χ1n) is 11.9. The minimum Gasteiger partial charge on any atom is -0.352 e. The molecule has 2 N–H and O–H groups in total. The van der Waals surface area contributed by atoms with Crippen LogP contribution < -0.4 is 10.6 Å². The number of aromatic nitrogens is 2. The molecule has 0 bridgehead atoms. The molecule has 178 valence electrons. The summed E-state index contributed by atoms with van der Waals surface area (Å²) in [5.74, 6) is 0.542. The fraction of sp³-hybridized carbons (Fsp3) is 0.207. The molecule has 0 aliphatic carbocycles. The summed E-state index contributed by atoms with van der Waals surface area (Å²) >= 11 is 0. The number of nitrogens with one attached hydrogen (secondary N) is 2. The maximum absolute atomic E-state index is 12.6. The predicted molar refractivity (Wildman–Crippen MR) is 142 cm³/mol. The Morgan fingerprint density at radius 3 is 2.43 bits per heavy atom. The van der Waals surface area contributed by atoms with Crippen molar-refractivity contribution in [1.82, 2.24) is 20.4 Å². The van der Waals surface area contributed by atoms with Crippen molar-refractivity contribution in [3.8, 4) is 11.3 Å². The fourth-order valence-electron chi connectivity index (χ4n) is 3.79. The Balaban J connectivity index is 1.25. The first-order chi connectivity index (χ1) is 17.1. The van der Waals surface area contributed by atoms with E-state index < -0.39 is 0 Å². The van der Waals surface area contributed by atoms with Gasteiger partial charge in [-0.25, -0.2) is 0 Å². The summed E-state index contributed by atoms with van der Waals surface area (Å²) in [5, 5.41) is 14.9. The lowest BCUT2D eigenvalue weighted by atomic mass is 10.1. The van der Waals surface area contributed by atoms with E-state index in [2.05, 4.69) is 76.1 Å². The molecule has 0 spiro atoms. The molecule has 0 atom stereocenters. The quantitative estimate of drug-likeness (QED) is 0.305. The smallest absolute Gasteiger partial charge is 0.251 e. The van der Waals surface area contributed by atoms with Crippen LogP contribution in [0.25, 0.3) is 11.3 Å². The molecule has 0 radical (unpaired) electrons. The van der Waals surface area contributed by atoms with Crippen molar-refractivity contribution >= 4 is 17.4 Å². The summed E-state index contributed by atoms with van der Waals surface area (Å²) in [6.07, 6.45) is 0.885. The lowest BCUT2D eigenvalue weighted by Crippen LogP contribution is -2.28. The van der Waals surface area contributed by atoms with Gasteiger partial charge in [-0.2, -0.15) is 0 Å². The Kier molecular flexibility index (Phi) is 8.20. The Morgan fingerprint density at radius 2 is 1.69 bits per heavy atom. The van der Waals surface area contributed by atoms with Gasteiger partial charge in [0.1, 0.15) is 0 Å². The monoisotopic (exact) mass is 465 g/mol. The Morgan fingerprint density at radius 1 is 0.886 bits per heavy atom. The second-order valence-electron chi connectivity index (χ2n) is 8.71. The highest BCUT2D eigenvalue weighted by Gasteiger charge is 2.08. The average Bonchev–Trinajstić information content (AvgIpc) is 2.88. The minimum absolute atomic E-state index is 0.0832. The molecule has 0 saturated heterocycles. The molecular formula is C29H31N5O. The van der Waals surface area contributed by atoms with E-state index in [1.54, 1.807) is 0 Å². The zero-order chi connectivity index (χ0) is 24.5. The first kappa shape index (κ1) is 24.1. The van der Waals surface area contributed by atoms with Gasteiger partial charge in [-0.15, -0.1) is 10.2 Å². The Bertz CT molecular complexity index is 1220. The molecule has 1 aromatic heterocycles. The molecule has 0 aliphatic heterocycles. The second kappa shape index (κ2) is 11.9. The highest BCUT2D eigenvalue weighted by atomic mass is 16.1. The van der Waals surface area contributed by atoms with Crippen molar-refractivity contribution < 1.29 is 4.79 Å². The van der Waals surface area contributed by atoms with Crippen LogP contribution in [0.1, 0.15) is 27.9 Å². The topological polar surface area (TPSA) is 70.2 Å². The van der Waals surface area contributed by atoms with Crippen LogP contribution >= 0.6 is 0 Å². The number of benzene rings is 3. The maximum Gasteiger partial charge on any atom is 0.251 e. The molecule has 4 rings (SSSR count). The van der Waals surface area contributed by atoms with Gasteiger partial charge >= 0.3 is 0 Å². The van der Waals surface area contributed by atoms with E-state index in [0.717, 1.165) is 36.5 Å². The summed E-state index contributed by atoms with van der Waals surface area (Å²) in [6.45, 7) is 4.50. The van der Waals surface area contributed by atoms with Crippen molar-refractivity contribution in [3.05, 3.63) is 108 Å². The van der Waals surface area contributed by atoms with Crippen molar-refractivity contribution in [2.24, 2.45) is 0 Å². The van der Waals surface area contributed by atoms with Gasteiger partial charge in [-0.3, -0.25) is 4.79 Å². The summed E-state index contributed by atoms with van der Waals surface area (Å²) in [6, 6.07) is 29.8.